The lowest BCUT2D eigenvalue weighted by Gasteiger charge is -2.41. The Morgan fingerprint density at radius 3 is 0.838 bits per heavy atom. The normalized spacial score (nSPS) is 12.5. The number of unbranched alkanes of at least 4 members (excludes halogenated alkanes) is 30. The minimum absolute atomic E-state index is 0.0310. The van der Waals surface area contributed by atoms with Gasteiger partial charge in [-0.1, -0.05) is 279 Å². The van der Waals surface area contributed by atoms with E-state index in [1.807, 2.05) is 97.1 Å². The third-order valence-corrected chi connectivity index (χ3v) is 22.3. The van der Waals surface area contributed by atoms with E-state index in [2.05, 4.69) is 51.1 Å². The molecule has 1 fully saturated rings. The SMILES string of the molecule is CCCCCCCCCCCCCCCCCCOC(=O)Nc1ccc(Cc2ccc(NC(=O)C(C)(C)C(=O)NCCN(CCNC(=O)C(C)(C)C(=O)Nc3ccc(Cc4ccc(NC(=O)OCCCCCCCCCCCCCCCCCC)cc4)cc3)C(=O)Nc3ccc(Cc4ccc(N5C(=O)C(C)(C)C5=O)cc4)cc3)cc2)cc1. The molecule has 20 heteroatoms. The van der Waals surface area contributed by atoms with Gasteiger partial charge >= 0.3 is 18.2 Å². The molecule has 20 nitrogen and oxygen atoms in total. The zero-order valence-corrected chi connectivity index (χ0v) is 71.7. The Bertz CT molecular complexity index is 3790. The van der Waals surface area contributed by atoms with Gasteiger partial charge in [-0.2, -0.15) is 0 Å². The van der Waals surface area contributed by atoms with Crippen LogP contribution in [0, 0.1) is 16.2 Å². The molecule has 0 aliphatic carbocycles. The van der Waals surface area contributed by atoms with Crippen molar-refractivity contribution in [1.82, 2.24) is 15.5 Å². The van der Waals surface area contributed by atoms with Gasteiger partial charge in [-0.25, -0.2) is 19.3 Å². The number of carbonyl (C=O) groups is 9. The average molecular weight is 1610 g/mol. The Kier molecular flexibility index (Phi) is 41.4. The predicted octanol–water partition coefficient (Wildman–Crippen LogP) is 22.4. The fourth-order valence-electron chi connectivity index (χ4n) is 14.2. The predicted molar refractivity (Wildman–Crippen MR) is 474 cm³/mol. The molecule has 10 amide bonds. The Hall–Kier alpha value is -9.85. The first-order chi connectivity index (χ1) is 56.5. The van der Waals surface area contributed by atoms with Crippen molar-refractivity contribution in [1.29, 1.82) is 0 Å². The second kappa shape index (κ2) is 51.4. The van der Waals surface area contributed by atoms with Gasteiger partial charge < -0.3 is 41.0 Å². The third kappa shape index (κ3) is 34.0. The van der Waals surface area contributed by atoms with E-state index in [4.69, 9.17) is 9.47 Å². The Balaban J connectivity index is 0.823. The summed E-state index contributed by atoms with van der Waals surface area (Å²) >= 11 is 0. The number of hydrogen-bond donors (Lipinski definition) is 7. The van der Waals surface area contributed by atoms with Crippen LogP contribution in [0.2, 0.25) is 0 Å². The highest BCUT2D eigenvalue weighted by Crippen LogP contribution is 2.37. The summed E-state index contributed by atoms with van der Waals surface area (Å²) in [6.07, 6.45) is 41.8. The summed E-state index contributed by atoms with van der Waals surface area (Å²) in [6.45, 7) is 14.4. The number of hydrogen-bond acceptors (Lipinski definition) is 11. The number of carbonyl (C=O) groups excluding carboxylic acids is 9. The molecule has 6 aromatic rings. The highest BCUT2D eigenvalue weighted by atomic mass is 16.6. The van der Waals surface area contributed by atoms with Crippen molar-refractivity contribution in [2.45, 2.75) is 280 Å². The first-order valence-corrected chi connectivity index (χ1v) is 44.0. The lowest BCUT2D eigenvalue weighted by molar-refractivity contribution is -0.150. The minimum Gasteiger partial charge on any atom is -0.449 e. The second-order valence-electron chi connectivity index (χ2n) is 33.5. The lowest BCUT2D eigenvalue weighted by atomic mass is 9.81. The number of benzene rings is 6. The van der Waals surface area contributed by atoms with Crippen molar-refractivity contribution in [2.75, 3.05) is 70.9 Å². The molecule has 0 atom stereocenters. The second-order valence-corrected chi connectivity index (χ2v) is 33.5. The minimum atomic E-state index is -1.55. The third-order valence-electron chi connectivity index (χ3n) is 22.3. The summed E-state index contributed by atoms with van der Waals surface area (Å²) in [5, 5.41) is 20.0. The Morgan fingerprint density at radius 1 is 0.325 bits per heavy atom. The number of anilines is 6. The van der Waals surface area contributed by atoms with Gasteiger partial charge in [-0.15, -0.1) is 0 Å². The van der Waals surface area contributed by atoms with Gasteiger partial charge in [0, 0.05) is 54.6 Å². The van der Waals surface area contributed by atoms with Crippen LogP contribution in [0.1, 0.15) is 294 Å². The monoisotopic (exact) mass is 1600 g/mol. The fourth-order valence-corrected chi connectivity index (χ4v) is 14.2. The van der Waals surface area contributed by atoms with Crippen molar-refractivity contribution in [3.63, 3.8) is 0 Å². The van der Waals surface area contributed by atoms with Crippen LogP contribution in [0.5, 0.6) is 0 Å². The van der Waals surface area contributed by atoms with Crippen molar-refractivity contribution < 1.29 is 52.6 Å². The number of urea groups is 1. The standard InChI is InChI=1S/C97H137N9O11/c1-9-11-13-15-17-19-21-23-25-27-29-31-33-35-37-39-69-116-93(114)103-83-59-47-77(48-60-83)71-74-41-53-80(54-42-74)100-88(109)95(3,4)86(107)98-65-67-105(92(113)102-82-57-45-76(46-58-82)73-79-51-63-85(64-52-79)106-90(111)97(7,8)91(106)112)68-66-99-87(108)96(5,6)89(110)101-81-55-43-75(44-56-81)72-78-49-61-84(62-50-78)104-94(115)117-70-40-38-36-34-32-30-28-26-24-22-20-18-16-14-12-10-2/h41-64H,9-40,65-73H2,1-8H3,(H,98,107)(H,99,108)(H,100,109)(H,101,110)(H,102,113)(H,103,114)(H,104,115). The number of β-lactam (4-membered cyclic amide) rings is 2. The number of rotatable bonds is 56. The topological polar surface area (TPSA) is 263 Å². The van der Waals surface area contributed by atoms with Crippen molar-refractivity contribution >= 4 is 87.8 Å². The van der Waals surface area contributed by atoms with Gasteiger partial charge in [-0.05, 0) is 180 Å². The summed E-state index contributed by atoms with van der Waals surface area (Å²) in [5.41, 5.74) is 4.98. The van der Waals surface area contributed by atoms with Crippen LogP contribution in [-0.4, -0.2) is 98.0 Å². The van der Waals surface area contributed by atoms with Crippen LogP contribution in [-0.2, 0) is 57.5 Å². The molecular weight excluding hydrogens is 1470 g/mol. The van der Waals surface area contributed by atoms with Crippen molar-refractivity contribution in [3.8, 4) is 0 Å². The van der Waals surface area contributed by atoms with Gasteiger partial charge in [0.25, 0.3) is 0 Å². The van der Waals surface area contributed by atoms with E-state index in [-0.39, 0.29) is 38.0 Å². The summed E-state index contributed by atoms with van der Waals surface area (Å²) in [7, 11) is 0. The van der Waals surface area contributed by atoms with Crippen LogP contribution in [0.4, 0.5) is 48.5 Å². The summed E-state index contributed by atoms with van der Waals surface area (Å²) in [6, 6.07) is 43.8. The van der Waals surface area contributed by atoms with E-state index in [1.54, 1.807) is 62.4 Å². The quantitative estimate of drug-likeness (QED) is 0.0107. The van der Waals surface area contributed by atoms with Crippen LogP contribution in [0.25, 0.3) is 0 Å². The molecule has 0 aromatic heterocycles. The zero-order valence-electron chi connectivity index (χ0n) is 71.7. The zero-order chi connectivity index (χ0) is 84.1. The van der Waals surface area contributed by atoms with Crippen LogP contribution in [0.3, 0.4) is 0 Å². The van der Waals surface area contributed by atoms with Crippen LogP contribution in [0.15, 0.2) is 146 Å². The molecule has 636 valence electrons. The van der Waals surface area contributed by atoms with Gasteiger partial charge in [0.1, 0.15) is 16.2 Å². The molecule has 1 aliphatic rings. The van der Waals surface area contributed by atoms with Gasteiger partial charge in [0.05, 0.1) is 18.9 Å². The smallest absolute Gasteiger partial charge is 0.411 e. The van der Waals surface area contributed by atoms with Gasteiger partial charge in [0.15, 0.2) is 0 Å². The van der Waals surface area contributed by atoms with Crippen LogP contribution >= 0.6 is 0 Å². The largest absolute Gasteiger partial charge is 0.449 e. The molecule has 1 heterocycles. The van der Waals surface area contributed by atoms with E-state index in [0.717, 1.165) is 71.9 Å². The van der Waals surface area contributed by atoms with E-state index >= 15 is 0 Å². The highest BCUT2D eigenvalue weighted by molar-refractivity contribution is 6.35. The molecule has 117 heavy (non-hydrogen) atoms. The van der Waals surface area contributed by atoms with E-state index in [9.17, 15) is 43.2 Å². The maximum atomic E-state index is 14.2. The summed E-state index contributed by atoms with van der Waals surface area (Å²) in [4.78, 5) is 123. The number of nitrogens with one attached hydrogen (secondary N) is 7. The molecule has 0 spiro atoms. The molecular formula is C97H137N9O11. The Morgan fingerprint density at radius 2 is 0.564 bits per heavy atom. The first-order valence-electron chi connectivity index (χ1n) is 44.0. The highest BCUT2D eigenvalue weighted by Gasteiger charge is 2.54. The Labute approximate surface area is 698 Å². The number of imide groups is 1. The first kappa shape index (κ1) is 94.3. The molecule has 0 saturated carbocycles. The molecule has 1 saturated heterocycles. The van der Waals surface area contributed by atoms with E-state index in [0.29, 0.717) is 66.6 Å². The maximum Gasteiger partial charge on any atom is 0.411 e. The molecule has 7 N–H and O–H groups in total. The molecule has 0 radical (unpaired) electrons. The summed E-state index contributed by atoms with van der Waals surface area (Å²) < 4.78 is 10.9. The molecule has 0 unspecified atom stereocenters. The van der Waals surface area contributed by atoms with Crippen LogP contribution < -0.4 is 42.1 Å². The molecule has 6 aromatic carbocycles. The van der Waals surface area contributed by atoms with Gasteiger partial charge in [-0.3, -0.25) is 39.4 Å². The molecule has 0 bridgehead atoms. The summed E-state index contributed by atoms with van der Waals surface area (Å²) in [5.74, 6) is -2.76. The van der Waals surface area contributed by atoms with Crippen molar-refractivity contribution in [3.05, 3.63) is 179 Å². The maximum absolute atomic E-state index is 14.2. The number of amides is 10. The van der Waals surface area contributed by atoms with Gasteiger partial charge in [0.2, 0.25) is 35.4 Å². The number of nitrogens with zero attached hydrogens (tertiary/aromatic N) is 2. The average Bonchev–Trinajstić information content (AvgIpc) is 0.736. The van der Waals surface area contributed by atoms with E-state index < -0.39 is 58.1 Å². The lowest BCUT2D eigenvalue weighted by Crippen LogP contribution is -2.63. The molecule has 7 rings (SSSR count). The van der Waals surface area contributed by atoms with E-state index in [1.165, 1.54) is 204 Å². The fraction of sp³-hybridized carbons (Fsp3) is 0.536. The molecule has 1 aliphatic heterocycles. The number of ether oxygens (including phenoxy) is 2. The van der Waals surface area contributed by atoms with Crippen molar-refractivity contribution in [2.24, 2.45) is 16.2 Å².